The first-order chi connectivity index (χ1) is 18.7. The second kappa shape index (κ2) is 10.3. The van der Waals surface area contributed by atoms with Gasteiger partial charge in [0.1, 0.15) is 17.9 Å². The molecule has 11 heteroatoms. The van der Waals surface area contributed by atoms with Crippen LogP contribution in [0.2, 0.25) is 0 Å². The summed E-state index contributed by atoms with van der Waals surface area (Å²) >= 11 is 0. The standard InChI is InChI=1S/C28H24F3N5O3/c1-16-7-8-32-25(13-36-9-3-4-23(27(36)38)28(29,30)31)22(16)15-39-19-5-6-24-20(11-19)21(10-17(2)34-24)26-18(14-37)12-33-35-26/h3-12,37H,13-15H2,1-2H3,(H,33,35). The molecule has 200 valence electrons. The molecule has 0 aliphatic rings. The van der Waals surface area contributed by atoms with Gasteiger partial charge in [0.15, 0.2) is 0 Å². The second-order valence-corrected chi connectivity index (χ2v) is 9.11. The maximum absolute atomic E-state index is 13.2. The monoisotopic (exact) mass is 535 g/mol. The number of aromatic nitrogens is 5. The molecule has 5 rings (SSSR count). The van der Waals surface area contributed by atoms with Gasteiger partial charge in [-0.15, -0.1) is 0 Å². The van der Waals surface area contributed by atoms with Crippen LogP contribution in [-0.2, 0) is 25.9 Å². The van der Waals surface area contributed by atoms with Crippen LogP contribution in [0.4, 0.5) is 13.2 Å². The minimum Gasteiger partial charge on any atom is -0.489 e. The fourth-order valence-corrected chi connectivity index (χ4v) is 4.47. The summed E-state index contributed by atoms with van der Waals surface area (Å²) in [5, 5.41) is 17.5. The third kappa shape index (κ3) is 5.26. The molecule has 2 N–H and O–H groups in total. The Labute approximate surface area is 220 Å². The topological polar surface area (TPSA) is 106 Å². The van der Waals surface area contributed by atoms with Crippen LogP contribution in [0.25, 0.3) is 22.2 Å². The Morgan fingerprint density at radius 3 is 2.72 bits per heavy atom. The number of aliphatic hydroxyl groups excluding tert-OH is 1. The minimum absolute atomic E-state index is 0.0782. The van der Waals surface area contributed by atoms with Gasteiger partial charge < -0.3 is 14.4 Å². The molecule has 0 radical (unpaired) electrons. The summed E-state index contributed by atoms with van der Waals surface area (Å²) < 4.78 is 46.8. The summed E-state index contributed by atoms with van der Waals surface area (Å²) in [6.45, 7) is 3.49. The molecule has 0 atom stereocenters. The second-order valence-electron chi connectivity index (χ2n) is 9.11. The smallest absolute Gasteiger partial charge is 0.421 e. The van der Waals surface area contributed by atoms with Crippen LogP contribution in [0.5, 0.6) is 5.75 Å². The highest BCUT2D eigenvalue weighted by atomic mass is 19.4. The lowest BCUT2D eigenvalue weighted by Gasteiger charge is -2.16. The van der Waals surface area contributed by atoms with Gasteiger partial charge in [0, 0.05) is 40.2 Å². The minimum atomic E-state index is -4.75. The number of aryl methyl sites for hydroxylation is 2. The fourth-order valence-electron chi connectivity index (χ4n) is 4.47. The summed E-state index contributed by atoms with van der Waals surface area (Å²) in [6, 6.07) is 11.1. The number of pyridine rings is 3. The van der Waals surface area contributed by atoms with E-state index in [1.165, 1.54) is 12.3 Å². The Balaban J connectivity index is 1.47. The highest BCUT2D eigenvalue weighted by Crippen LogP contribution is 2.32. The van der Waals surface area contributed by atoms with Gasteiger partial charge in [-0.05, 0) is 61.9 Å². The van der Waals surface area contributed by atoms with Crippen molar-refractivity contribution in [3.05, 3.63) is 105 Å². The molecule has 0 spiro atoms. The summed E-state index contributed by atoms with van der Waals surface area (Å²) in [7, 11) is 0. The molecule has 1 aromatic carbocycles. The van der Waals surface area contributed by atoms with Crippen molar-refractivity contribution in [3.63, 3.8) is 0 Å². The number of nitrogens with zero attached hydrogens (tertiary/aromatic N) is 4. The first-order valence-electron chi connectivity index (χ1n) is 12.0. The third-order valence-electron chi connectivity index (χ3n) is 6.47. The third-order valence-corrected chi connectivity index (χ3v) is 6.47. The Bertz CT molecular complexity index is 1730. The summed E-state index contributed by atoms with van der Waals surface area (Å²) in [5.41, 5.74) is 3.23. The largest absolute Gasteiger partial charge is 0.489 e. The molecule has 8 nitrogen and oxygen atoms in total. The molecule has 0 amide bonds. The molecule has 0 bridgehead atoms. The molecular weight excluding hydrogens is 511 g/mol. The molecule has 4 heterocycles. The Morgan fingerprint density at radius 2 is 1.95 bits per heavy atom. The number of fused-ring (bicyclic) bond motifs is 1. The summed E-state index contributed by atoms with van der Waals surface area (Å²) in [4.78, 5) is 21.4. The summed E-state index contributed by atoms with van der Waals surface area (Å²) in [5.74, 6) is 0.532. The van der Waals surface area contributed by atoms with Crippen molar-refractivity contribution in [2.75, 3.05) is 0 Å². The van der Waals surface area contributed by atoms with Gasteiger partial charge >= 0.3 is 6.18 Å². The number of alkyl halides is 3. The zero-order valence-corrected chi connectivity index (χ0v) is 21.1. The van der Waals surface area contributed by atoms with Crippen LogP contribution < -0.4 is 10.3 Å². The number of rotatable bonds is 7. The molecule has 5 aromatic rings. The molecular formula is C28H24F3N5O3. The highest BCUT2D eigenvalue weighted by molar-refractivity contribution is 5.95. The van der Waals surface area contributed by atoms with E-state index < -0.39 is 17.3 Å². The van der Waals surface area contributed by atoms with Gasteiger partial charge in [0.05, 0.1) is 36.3 Å². The maximum atomic E-state index is 13.2. The van der Waals surface area contributed by atoms with Gasteiger partial charge in [-0.25, -0.2) is 0 Å². The van der Waals surface area contributed by atoms with Crippen LogP contribution in [0, 0.1) is 13.8 Å². The lowest BCUT2D eigenvalue weighted by molar-refractivity contribution is -0.138. The van der Waals surface area contributed by atoms with E-state index in [-0.39, 0.29) is 19.8 Å². The quantitative estimate of drug-likeness (QED) is 0.306. The molecule has 0 aliphatic carbocycles. The number of halogens is 3. The van der Waals surface area contributed by atoms with Crippen molar-refractivity contribution >= 4 is 10.9 Å². The molecule has 39 heavy (non-hydrogen) atoms. The van der Waals surface area contributed by atoms with Gasteiger partial charge in [-0.1, -0.05) is 0 Å². The maximum Gasteiger partial charge on any atom is 0.421 e. The number of hydrogen-bond donors (Lipinski definition) is 2. The van der Waals surface area contributed by atoms with Crippen LogP contribution in [0.15, 0.2) is 65.8 Å². The molecule has 0 fully saturated rings. The van der Waals surface area contributed by atoms with Gasteiger partial charge in [0.2, 0.25) is 0 Å². The Morgan fingerprint density at radius 1 is 1.13 bits per heavy atom. The van der Waals surface area contributed by atoms with E-state index in [2.05, 4.69) is 20.2 Å². The van der Waals surface area contributed by atoms with Gasteiger partial charge in [-0.2, -0.15) is 18.3 Å². The van der Waals surface area contributed by atoms with Crippen molar-refractivity contribution in [1.82, 2.24) is 24.7 Å². The van der Waals surface area contributed by atoms with E-state index in [9.17, 15) is 23.1 Å². The van der Waals surface area contributed by atoms with E-state index >= 15 is 0 Å². The van der Waals surface area contributed by atoms with E-state index in [1.54, 1.807) is 24.5 Å². The van der Waals surface area contributed by atoms with Crippen molar-refractivity contribution < 1.29 is 23.0 Å². The molecule has 0 saturated heterocycles. The van der Waals surface area contributed by atoms with Crippen LogP contribution >= 0.6 is 0 Å². The predicted octanol–water partition coefficient (Wildman–Crippen LogP) is 4.94. The van der Waals surface area contributed by atoms with E-state index in [0.717, 1.165) is 38.4 Å². The fraction of sp³-hybridized carbons (Fsp3) is 0.214. The first-order valence-corrected chi connectivity index (χ1v) is 12.0. The molecule has 4 aromatic heterocycles. The van der Waals surface area contributed by atoms with Crippen molar-refractivity contribution in [3.8, 4) is 17.0 Å². The SMILES string of the molecule is Cc1cc(-c2[nH]ncc2CO)c2cc(OCc3c(C)ccnc3Cn3cccc(C(F)(F)F)c3=O)ccc2n1. The van der Waals surface area contributed by atoms with Crippen LogP contribution in [0.1, 0.15) is 33.6 Å². The highest BCUT2D eigenvalue weighted by Gasteiger charge is 2.34. The van der Waals surface area contributed by atoms with Crippen molar-refractivity contribution in [2.45, 2.75) is 39.8 Å². The van der Waals surface area contributed by atoms with Gasteiger partial charge in [0.25, 0.3) is 5.56 Å². The van der Waals surface area contributed by atoms with E-state index in [0.29, 0.717) is 28.3 Å². The molecule has 0 unspecified atom stereocenters. The van der Waals surface area contributed by atoms with Gasteiger partial charge in [-0.3, -0.25) is 19.9 Å². The van der Waals surface area contributed by atoms with E-state index in [4.69, 9.17) is 4.74 Å². The average molecular weight is 536 g/mol. The summed E-state index contributed by atoms with van der Waals surface area (Å²) in [6.07, 6.45) is -0.323. The number of hydrogen-bond acceptors (Lipinski definition) is 6. The number of ether oxygens (including phenoxy) is 1. The first kappa shape index (κ1) is 26.1. The zero-order chi connectivity index (χ0) is 27.7. The van der Waals surface area contributed by atoms with E-state index in [1.807, 2.05) is 32.0 Å². The number of nitrogens with one attached hydrogen (secondary N) is 1. The number of benzene rings is 1. The Kier molecular flexibility index (Phi) is 6.92. The predicted molar refractivity (Wildman–Crippen MR) is 138 cm³/mol. The number of H-pyrrole nitrogens is 1. The van der Waals surface area contributed by atoms with Crippen LogP contribution in [0.3, 0.4) is 0 Å². The number of aromatic amines is 1. The zero-order valence-electron chi connectivity index (χ0n) is 21.1. The lowest BCUT2D eigenvalue weighted by atomic mass is 10.0. The molecule has 0 saturated carbocycles. The van der Waals surface area contributed by atoms with Crippen molar-refractivity contribution in [2.24, 2.45) is 0 Å². The normalized spacial score (nSPS) is 11.7. The number of aliphatic hydroxyl groups is 1. The lowest BCUT2D eigenvalue weighted by Crippen LogP contribution is -2.29. The van der Waals surface area contributed by atoms with Crippen LogP contribution in [-0.4, -0.2) is 29.8 Å². The average Bonchev–Trinajstić information content (AvgIpc) is 3.37. The Hall–Kier alpha value is -4.51. The van der Waals surface area contributed by atoms with Crippen molar-refractivity contribution in [1.29, 1.82) is 0 Å². The molecule has 0 aliphatic heterocycles.